The molecule has 3 rings (SSSR count). The highest BCUT2D eigenvalue weighted by Crippen LogP contribution is 2.43. The van der Waals surface area contributed by atoms with Crippen LogP contribution in [0.25, 0.3) is 0 Å². The number of carbonyl (C=O) groups excluding carboxylic acids is 1. The number of esters is 1. The van der Waals surface area contributed by atoms with E-state index in [4.69, 9.17) is 4.74 Å². The number of carbonyl (C=O) groups is 1. The Morgan fingerprint density at radius 2 is 1.23 bits per heavy atom. The molecule has 4 heteroatoms. The van der Waals surface area contributed by atoms with E-state index in [9.17, 15) is 4.79 Å². The number of benzene rings is 3. The van der Waals surface area contributed by atoms with Gasteiger partial charge in [-0.1, -0.05) is 111 Å². The van der Waals surface area contributed by atoms with Crippen LogP contribution in [0.5, 0.6) is 0 Å². The van der Waals surface area contributed by atoms with E-state index in [2.05, 4.69) is 67.5 Å². The van der Waals surface area contributed by atoms with Gasteiger partial charge in [-0.05, 0) is 22.8 Å². The zero-order valence-electron chi connectivity index (χ0n) is 18.4. The molecule has 0 aliphatic carbocycles. The second-order valence-electron chi connectivity index (χ2n) is 8.33. The summed E-state index contributed by atoms with van der Waals surface area (Å²) in [6, 6.07) is 30.8. The number of hydrogen-bond acceptors (Lipinski definition) is 2. The van der Waals surface area contributed by atoms with Crippen LogP contribution in [0.3, 0.4) is 0 Å². The lowest BCUT2D eigenvalue weighted by atomic mass is 10.4. The van der Waals surface area contributed by atoms with E-state index in [0.29, 0.717) is 13.0 Å². The zero-order valence-corrected chi connectivity index (χ0v) is 20.3. The second kappa shape index (κ2) is 10.5. The molecule has 31 heavy (non-hydrogen) atoms. The van der Waals surface area contributed by atoms with Crippen LogP contribution in [0.1, 0.15) is 6.42 Å². The quantitative estimate of drug-likeness (QED) is 0.183. The molecule has 0 N–H and O–H groups in total. The third-order valence-electron chi connectivity index (χ3n) is 4.72. The zero-order chi connectivity index (χ0) is 22.2. The van der Waals surface area contributed by atoms with E-state index in [-0.39, 0.29) is 5.97 Å². The summed E-state index contributed by atoms with van der Waals surface area (Å²) in [6.07, 6.45) is 0.567. The first-order valence-corrected chi connectivity index (χ1v) is 15.9. The molecule has 3 aromatic carbocycles. The largest absolute Gasteiger partial charge is 0.461 e. The van der Waals surface area contributed by atoms with Crippen molar-refractivity contribution in [2.45, 2.75) is 26.1 Å². The first kappa shape index (κ1) is 22.9. The van der Waals surface area contributed by atoms with Crippen LogP contribution in [-0.4, -0.2) is 26.4 Å². The van der Waals surface area contributed by atoms with E-state index in [1.807, 2.05) is 60.4 Å². The Morgan fingerprint density at radius 3 is 1.61 bits per heavy atom. The topological polar surface area (TPSA) is 26.3 Å². The van der Waals surface area contributed by atoms with Gasteiger partial charge in [0.25, 0.3) is 0 Å². The molecule has 0 radical (unpaired) electrons. The van der Waals surface area contributed by atoms with Gasteiger partial charge in [0.05, 0.1) is 0 Å². The van der Waals surface area contributed by atoms with Crippen molar-refractivity contribution in [1.29, 1.82) is 0 Å². The normalized spacial score (nSPS) is 11.2. The predicted molar refractivity (Wildman–Crippen MR) is 138 cm³/mol. The summed E-state index contributed by atoms with van der Waals surface area (Å²) in [4.78, 5) is 13.0. The van der Waals surface area contributed by atoms with Crippen molar-refractivity contribution in [3.63, 3.8) is 0 Å². The van der Waals surface area contributed by atoms with Crippen LogP contribution in [0.2, 0.25) is 19.6 Å². The first-order chi connectivity index (χ1) is 14.9. The Morgan fingerprint density at radius 1 is 0.806 bits per heavy atom. The summed E-state index contributed by atoms with van der Waals surface area (Å²) in [5.74, 6) is 4.69. The monoisotopic (exact) mass is 444 g/mol. The SMILES string of the molecule is C[Si](C)(C)C#CCCOC(=O)C=P(c1ccccc1)(c1ccccc1)c1ccccc1. The van der Waals surface area contributed by atoms with Crippen molar-refractivity contribution in [3.8, 4) is 11.5 Å². The van der Waals surface area contributed by atoms with E-state index in [1.54, 1.807) is 0 Å². The van der Waals surface area contributed by atoms with Crippen LogP contribution in [0.4, 0.5) is 0 Å². The third kappa shape index (κ3) is 6.11. The number of ether oxygens (including phenoxy) is 1. The summed E-state index contributed by atoms with van der Waals surface area (Å²) in [5, 5.41) is 3.38. The Bertz CT molecular complexity index is 1000. The van der Waals surface area contributed by atoms with E-state index < -0.39 is 15.0 Å². The summed E-state index contributed by atoms with van der Waals surface area (Å²) in [7, 11) is -1.41. The third-order valence-corrected chi connectivity index (χ3v) is 9.59. The van der Waals surface area contributed by atoms with Crippen molar-refractivity contribution < 1.29 is 9.53 Å². The molecule has 0 amide bonds. The lowest BCUT2D eigenvalue weighted by Gasteiger charge is -2.28. The molecule has 0 aliphatic rings. The minimum Gasteiger partial charge on any atom is -0.461 e. The van der Waals surface area contributed by atoms with Gasteiger partial charge in [0.2, 0.25) is 0 Å². The van der Waals surface area contributed by atoms with Crippen molar-refractivity contribution in [2.75, 3.05) is 6.61 Å². The molecule has 3 aromatic rings. The van der Waals surface area contributed by atoms with Crippen LogP contribution >= 0.6 is 6.89 Å². The van der Waals surface area contributed by atoms with Crippen molar-refractivity contribution >= 4 is 42.6 Å². The molecule has 0 fully saturated rings. The van der Waals surface area contributed by atoms with Crippen LogP contribution in [0, 0.1) is 11.5 Å². The maximum absolute atomic E-state index is 13.0. The maximum Gasteiger partial charge on any atom is 0.331 e. The summed E-state index contributed by atoms with van der Waals surface area (Å²) in [5.41, 5.74) is 3.32. The minimum absolute atomic E-state index is 0.292. The first-order valence-electron chi connectivity index (χ1n) is 10.5. The van der Waals surface area contributed by atoms with E-state index >= 15 is 0 Å². The van der Waals surface area contributed by atoms with Gasteiger partial charge in [-0.15, -0.1) is 11.5 Å². The van der Waals surface area contributed by atoms with Crippen LogP contribution < -0.4 is 15.9 Å². The molecule has 0 saturated heterocycles. The lowest BCUT2D eigenvalue weighted by molar-refractivity contribution is -0.134. The van der Waals surface area contributed by atoms with Crippen molar-refractivity contribution in [3.05, 3.63) is 91.0 Å². The highest BCUT2D eigenvalue weighted by atomic mass is 31.2. The maximum atomic E-state index is 13.0. The van der Waals surface area contributed by atoms with Gasteiger partial charge in [-0.3, -0.25) is 0 Å². The van der Waals surface area contributed by atoms with Gasteiger partial charge in [-0.25, -0.2) is 4.79 Å². The highest BCUT2D eigenvalue weighted by Gasteiger charge is 2.26. The Labute approximate surface area is 187 Å². The molecule has 0 saturated carbocycles. The molecule has 2 nitrogen and oxygen atoms in total. The minimum atomic E-state index is -2.32. The molecule has 0 heterocycles. The fraction of sp³-hybridized carbons (Fsp3) is 0.185. The molecule has 0 atom stereocenters. The summed E-state index contributed by atoms with van der Waals surface area (Å²) in [6.45, 7) is 4.61. The van der Waals surface area contributed by atoms with Crippen LogP contribution in [-0.2, 0) is 9.53 Å². The van der Waals surface area contributed by atoms with Gasteiger partial charge in [0.1, 0.15) is 14.7 Å². The van der Waals surface area contributed by atoms with Crippen molar-refractivity contribution in [2.24, 2.45) is 0 Å². The van der Waals surface area contributed by atoms with Gasteiger partial charge in [0.15, 0.2) is 0 Å². The molecule has 0 unspecified atom stereocenters. The lowest BCUT2D eigenvalue weighted by Crippen LogP contribution is -2.29. The Kier molecular flexibility index (Phi) is 7.74. The van der Waals surface area contributed by atoms with Gasteiger partial charge >= 0.3 is 5.97 Å². The van der Waals surface area contributed by atoms with E-state index in [1.165, 1.54) is 0 Å². The fourth-order valence-electron chi connectivity index (χ4n) is 3.39. The number of rotatable bonds is 6. The molecule has 0 bridgehead atoms. The predicted octanol–water partition coefficient (Wildman–Crippen LogP) is 4.60. The Balaban J connectivity index is 2.05. The Hall–Kier alpha value is -2.79. The summed E-state index contributed by atoms with van der Waals surface area (Å²) >= 11 is 0. The van der Waals surface area contributed by atoms with Crippen LogP contribution in [0.15, 0.2) is 91.0 Å². The average Bonchev–Trinajstić information content (AvgIpc) is 2.78. The summed E-state index contributed by atoms with van der Waals surface area (Å²) < 4.78 is 5.62. The molecular formula is C27H29O2PSi. The van der Waals surface area contributed by atoms with Gasteiger partial charge in [-0.2, -0.15) is 0 Å². The molecular weight excluding hydrogens is 415 g/mol. The van der Waals surface area contributed by atoms with Crippen molar-refractivity contribution in [1.82, 2.24) is 0 Å². The fourth-order valence-corrected chi connectivity index (χ4v) is 7.70. The average molecular weight is 445 g/mol. The molecule has 0 aromatic heterocycles. The second-order valence-corrected chi connectivity index (χ2v) is 16.3. The smallest absolute Gasteiger partial charge is 0.331 e. The van der Waals surface area contributed by atoms with Gasteiger partial charge < -0.3 is 4.74 Å². The molecule has 0 spiro atoms. The van der Waals surface area contributed by atoms with Gasteiger partial charge in [0, 0.05) is 12.2 Å². The molecule has 0 aliphatic heterocycles. The number of hydrogen-bond donors (Lipinski definition) is 0. The van der Waals surface area contributed by atoms with E-state index in [0.717, 1.165) is 15.9 Å². The standard InChI is InChI=1S/C27H29O2PSi/c1-31(2,3)22-14-13-21-29-27(28)23-30(24-15-7-4-8-16-24,25-17-9-5-10-18-25)26-19-11-6-12-20-26/h4-12,15-20,23H,13,21H2,1-3H3. The molecule has 158 valence electrons. The highest BCUT2D eigenvalue weighted by molar-refractivity contribution is 7.95.